The molecule has 0 aliphatic carbocycles. The molecule has 0 aliphatic heterocycles. The molecular formula is C10H7O2Y-. The molecule has 0 saturated carbocycles. The maximum absolute atomic E-state index is 11.2. The van der Waals surface area contributed by atoms with E-state index in [9.17, 15) is 4.79 Å². The van der Waals surface area contributed by atoms with Crippen LogP contribution in [0.3, 0.4) is 0 Å². The predicted molar refractivity (Wildman–Crippen MR) is 46.1 cm³/mol. The molecule has 0 atom stereocenters. The topological polar surface area (TPSA) is 30.2 Å². The monoisotopic (exact) mass is 248 g/mol. The molecule has 2 nitrogen and oxygen atoms in total. The van der Waals surface area contributed by atoms with Gasteiger partial charge in [0.1, 0.15) is 0 Å². The van der Waals surface area contributed by atoms with Crippen LogP contribution >= 0.6 is 0 Å². The largest absolute Gasteiger partial charge is 0.451 e. The zero-order chi connectivity index (χ0) is 8.55. The van der Waals surface area contributed by atoms with Crippen LogP contribution < -0.4 is 5.63 Å². The maximum Gasteiger partial charge on any atom is 0.285 e. The Morgan fingerprint density at radius 2 is 2.00 bits per heavy atom. The first-order chi connectivity index (χ1) is 5.77. The molecule has 0 spiro atoms. The second kappa shape index (κ2) is 4.16. The Morgan fingerprint density at radius 3 is 2.77 bits per heavy atom. The first-order valence-corrected chi connectivity index (χ1v) is 3.69. The standard InChI is InChI=1S/C10H7O2.Y/c1-7-6-8-4-2-3-5-9(8)10(11)12-7;/h2-5H,1H3;/q-1;. The van der Waals surface area contributed by atoms with Gasteiger partial charge in [-0.05, 0) is 12.3 Å². The molecule has 2 aromatic rings. The molecule has 63 valence electrons. The molecule has 2 rings (SSSR count). The zero-order valence-electron chi connectivity index (χ0n) is 7.20. The smallest absolute Gasteiger partial charge is 0.285 e. The molecule has 1 radical (unpaired) electrons. The zero-order valence-corrected chi connectivity index (χ0v) is 10.0. The van der Waals surface area contributed by atoms with E-state index in [1.807, 2.05) is 18.2 Å². The molecule has 0 saturated heterocycles. The third-order valence-corrected chi connectivity index (χ3v) is 1.70. The second-order valence-electron chi connectivity index (χ2n) is 2.62. The first kappa shape index (κ1) is 10.6. The SMILES string of the molecule is Cc1[c-]c2ccccc2c(=O)o1.[Y]. The van der Waals surface area contributed by atoms with Gasteiger partial charge in [0.25, 0.3) is 5.63 Å². The van der Waals surface area contributed by atoms with Crippen LogP contribution in [0.5, 0.6) is 0 Å². The Labute approximate surface area is 101 Å². The van der Waals surface area contributed by atoms with Crippen LogP contribution in [0.1, 0.15) is 5.76 Å². The van der Waals surface area contributed by atoms with E-state index in [0.29, 0.717) is 11.1 Å². The molecule has 0 N–H and O–H groups in total. The third-order valence-electron chi connectivity index (χ3n) is 1.70. The fourth-order valence-corrected chi connectivity index (χ4v) is 1.18. The summed E-state index contributed by atoms with van der Waals surface area (Å²) >= 11 is 0. The minimum atomic E-state index is -0.290. The number of hydrogen-bond acceptors (Lipinski definition) is 2. The minimum absolute atomic E-state index is 0. The first-order valence-electron chi connectivity index (χ1n) is 3.69. The fraction of sp³-hybridized carbons (Fsp3) is 0.100. The van der Waals surface area contributed by atoms with Crippen LogP contribution in [0, 0.1) is 13.0 Å². The van der Waals surface area contributed by atoms with Gasteiger partial charge in [-0.2, -0.15) is 11.5 Å². The van der Waals surface area contributed by atoms with E-state index in [-0.39, 0.29) is 38.3 Å². The van der Waals surface area contributed by atoms with E-state index in [1.54, 1.807) is 13.0 Å². The number of fused-ring (bicyclic) bond motifs is 1. The van der Waals surface area contributed by atoms with E-state index >= 15 is 0 Å². The quantitative estimate of drug-likeness (QED) is 0.666. The van der Waals surface area contributed by atoms with Gasteiger partial charge in [-0.1, -0.05) is 6.07 Å². The average Bonchev–Trinajstić information content (AvgIpc) is 2.04. The summed E-state index contributed by atoms with van der Waals surface area (Å²) < 4.78 is 4.88. The Hall–Kier alpha value is -0.466. The number of rotatable bonds is 0. The number of hydrogen-bond donors (Lipinski definition) is 0. The summed E-state index contributed by atoms with van der Waals surface area (Å²) in [5, 5.41) is 1.40. The van der Waals surface area contributed by atoms with E-state index in [2.05, 4.69) is 6.07 Å². The Bertz CT molecular complexity index is 474. The van der Waals surface area contributed by atoms with E-state index in [0.717, 1.165) is 5.39 Å². The van der Waals surface area contributed by atoms with Gasteiger partial charge in [0, 0.05) is 38.5 Å². The van der Waals surface area contributed by atoms with Crippen molar-refractivity contribution in [1.29, 1.82) is 0 Å². The summed E-state index contributed by atoms with van der Waals surface area (Å²) in [5.41, 5.74) is -0.290. The molecule has 0 aliphatic rings. The molecule has 0 amide bonds. The summed E-state index contributed by atoms with van der Waals surface area (Å²) in [6.07, 6.45) is 0. The molecule has 0 fully saturated rings. The van der Waals surface area contributed by atoms with Crippen LogP contribution in [0.25, 0.3) is 10.8 Å². The van der Waals surface area contributed by atoms with Gasteiger partial charge >= 0.3 is 0 Å². The Morgan fingerprint density at radius 1 is 1.31 bits per heavy atom. The van der Waals surface area contributed by atoms with Crippen LogP contribution in [0.4, 0.5) is 0 Å². The van der Waals surface area contributed by atoms with Gasteiger partial charge in [0.05, 0.1) is 0 Å². The van der Waals surface area contributed by atoms with E-state index < -0.39 is 0 Å². The van der Waals surface area contributed by atoms with Crippen molar-refractivity contribution in [3.63, 3.8) is 0 Å². The van der Waals surface area contributed by atoms with Crippen molar-refractivity contribution in [2.24, 2.45) is 0 Å². The summed E-state index contributed by atoms with van der Waals surface area (Å²) in [4.78, 5) is 11.2. The number of aryl methyl sites for hydroxylation is 1. The minimum Gasteiger partial charge on any atom is -0.451 e. The van der Waals surface area contributed by atoms with Gasteiger partial charge < -0.3 is 4.42 Å². The van der Waals surface area contributed by atoms with Crippen molar-refractivity contribution in [3.05, 3.63) is 46.5 Å². The van der Waals surface area contributed by atoms with Crippen molar-refractivity contribution >= 4 is 10.8 Å². The average molecular weight is 248 g/mol. The van der Waals surface area contributed by atoms with Crippen molar-refractivity contribution in [1.82, 2.24) is 0 Å². The van der Waals surface area contributed by atoms with Crippen LogP contribution in [-0.4, -0.2) is 0 Å². The molecule has 13 heavy (non-hydrogen) atoms. The molecule has 3 heteroatoms. The molecule has 0 bridgehead atoms. The van der Waals surface area contributed by atoms with E-state index in [1.165, 1.54) is 0 Å². The molecule has 1 aromatic carbocycles. The summed E-state index contributed by atoms with van der Waals surface area (Å²) in [6.45, 7) is 1.72. The van der Waals surface area contributed by atoms with Crippen LogP contribution in [-0.2, 0) is 32.7 Å². The van der Waals surface area contributed by atoms with Gasteiger partial charge in [-0.3, -0.25) is 4.79 Å². The molecule has 0 unspecified atom stereocenters. The summed E-state index contributed by atoms with van der Waals surface area (Å²) in [5.74, 6) is 0.527. The van der Waals surface area contributed by atoms with Crippen molar-refractivity contribution in [3.8, 4) is 0 Å². The van der Waals surface area contributed by atoms with Gasteiger partial charge in [-0.25, -0.2) is 0 Å². The van der Waals surface area contributed by atoms with Gasteiger partial charge in [-0.15, -0.1) is 18.2 Å². The molecule has 1 aromatic heterocycles. The summed E-state index contributed by atoms with van der Waals surface area (Å²) in [6, 6.07) is 10.2. The molecule has 1 heterocycles. The summed E-state index contributed by atoms with van der Waals surface area (Å²) in [7, 11) is 0. The fourth-order valence-electron chi connectivity index (χ4n) is 1.18. The molecular weight excluding hydrogens is 241 g/mol. The third kappa shape index (κ3) is 2.06. The van der Waals surface area contributed by atoms with Crippen LogP contribution in [0.15, 0.2) is 33.5 Å². The van der Waals surface area contributed by atoms with Crippen molar-refractivity contribution in [2.75, 3.05) is 0 Å². The number of benzene rings is 1. The second-order valence-corrected chi connectivity index (χ2v) is 2.62. The normalized spacial score (nSPS) is 9.62. The van der Waals surface area contributed by atoms with Crippen molar-refractivity contribution < 1.29 is 37.1 Å². The van der Waals surface area contributed by atoms with Gasteiger partial charge in [0.15, 0.2) is 0 Å². The Kier molecular flexibility index (Phi) is 3.40. The Balaban J connectivity index is 0.000000845. The van der Waals surface area contributed by atoms with Crippen LogP contribution in [0.2, 0.25) is 0 Å². The maximum atomic E-state index is 11.2. The van der Waals surface area contributed by atoms with E-state index in [4.69, 9.17) is 4.42 Å². The van der Waals surface area contributed by atoms with Gasteiger partial charge in [0.2, 0.25) is 0 Å². The predicted octanol–water partition coefficient (Wildman–Crippen LogP) is 1.90. The van der Waals surface area contributed by atoms with Crippen molar-refractivity contribution in [2.45, 2.75) is 6.92 Å².